The summed E-state index contributed by atoms with van der Waals surface area (Å²) in [4.78, 5) is 11.7. The van der Waals surface area contributed by atoms with Gasteiger partial charge in [-0.15, -0.1) is 6.58 Å². The Kier molecular flexibility index (Phi) is 8.08. The average molecular weight is 479 g/mol. The molecule has 2 aliphatic carbocycles. The minimum Gasteiger partial charge on any atom is -0.454 e. The highest BCUT2D eigenvalue weighted by Crippen LogP contribution is 2.60. The lowest BCUT2D eigenvalue weighted by Gasteiger charge is -2.57. The first kappa shape index (κ1) is 27.4. The monoisotopic (exact) mass is 478 g/mol. The largest absolute Gasteiger partial charge is 0.454 e. The third-order valence-corrected chi connectivity index (χ3v) is 9.13. The molecule has 1 saturated carbocycles. The molecule has 0 spiro atoms. The molecule has 1 aliphatic heterocycles. The molecule has 2 fully saturated rings. The summed E-state index contributed by atoms with van der Waals surface area (Å²) >= 11 is 0. The summed E-state index contributed by atoms with van der Waals surface area (Å²) in [5.41, 5.74) is 1.29. The number of carbonyl (C=O) groups excluding carboxylic acids is 1. The van der Waals surface area contributed by atoms with Gasteiger partial charge in [0.05, 0.1) is 11.7 Å². The van der Waals surface area contributed by atoms with Crippen LogP contribution in [-0.2, 0) is 19.0 Å². The maximum atomic E-state index is 11.7. The minimum atomic E-state index is -1.29. The fourth-order valence-electron chi connectivity index (χ4n) is 7.01. The van der Waals surface area contributed by atoms with Crippen molar-refractivity contribution < 1.29 is 29.2 Å². The van der Waals surface area contributed by atoms with E-state index in [4.69, 9.17) is 14.2 Å². The predicted molar refractivity (Wildman–Crippen MR) is 132 cm³/mol. The maximum Gasteiger partial charge on any atom is 0.303 e. The van der Waals surface area contributed by atoms with Gasteiger partial charge in [-0.05, 0) is 75.5 Å². The molecular weight excluding hydrogens is 432 g/mol. The van der Waals surface area contributed by atoms with Gasteiger partial charge >= 0.3 is 5.97 Å². The molecular formula is C28H46O6. The summed E-state index contributed by atoms with van der Waals surface area (Å²) in [7, 11) is 0. The van der Waals surface area contributed by atoms with Crippen molar-refractivity contribution in [1.82, 2.24) is 0 Å². The number of aliphatic hydroxyl groups is 2. The van der Waals surface area contributed by atoms with E-state index in [0.717, 1.165) is 19.3 Å². The number of rotatable bonds is 7. The zero-order valence-corrected chi connectivity index (χ0v) is 22.2. The van der Waals surface area contributed by atoms with Crippen LogP contribution in [0.1, 0.15) is 87.0 Å². The molecule has 6 heteroatoms. The van der Waals surface area contributed by atoms with E-state index in [1.54, 1.807) is 13.0 Å². The van der Waals surface area contributed by atoms with Gasteiger partial charge in [0.1, 0.15) is 12.2 Å². The molecule has 0 aromatic heterocycles. The lowest BCUT2D eigenvalue weighted by Crippen LogP contribution is -2.60. The number of hydrogen-bond acceptors (Lipinski definition) is 6. The van der Waals surface area contributed by atoms with Crippen LogP contribution in [0.25, 0.3) is 0 Å². The Labute approximate surface area is 205 Å². The first-order chi connectivity index (χ1) is 15.7. The quantitative estimate of drug-likeness (QED) is 0.399. The van der Waals surface area contributed by atoms with Crippen LogP contribution < -0.4 is 0 Å². The summed E-state index contributed by atoms with van der Waals surface area (Å²) in [6.07, 6.45) is 5.58. The van der Waals surface area contributed by atoms with E-state index in [0.29, 0.717) is 17.3 Å². The highest BCUT2D eigenvalue weighted by Gasteiger charge is 2.52. The van der Waals surface area contributed by atoms with Gasteiger partial charge in [-0.1, -0.05) is 44.9 Å². The highest BCUT2D eigenvalue weighted by atomic mass is 16.7. The normalized spacial score (nSPS) is 41.6. The number of aliphatic hydroxyl groups excluding tert-OH is 2. The third kappa shape index (κ3) is 5.30. The van der Waals surface area contributed by atoms with Crippen LogP contribution in [0.3, 0.4) is 0 Å². The Morgan fingerprint density at radius 1 is 1.29 bits per heavy atom. The standard InChI is InChI=1S/C28H46O6/c1-9-27(7,34-25-24(33-19(4)29)23(31)22(30)18(3)32-25)16-13-20-17(2)11-12-21-26(5,6)14-10-15-28(20,21)8/h9,11,18,20-25,30-31H,1,10,12-16H2,2-8H3/t18-,20?,21-,22-,23+,24+,25-,27-,28+/m0/s1. The number of fused-ring (bicyclic) bond motifs is 1. The third-order valence-electron chi connectivity index (χ3n) is 9.13. The van der Waals surface area contributed by atoms with Crippen LogP contribution in [0.15, 0.2) is 24.3 Å². The fourth-order valence-corrected chi connectivity index (χ4v) is 7.01. The van der Waals surface area contributed by atoms with Crippen molar-refractivity contribution in [3.05, 3.63) is 24.3 Å². The SMILES string of the molecule is C=C[C@@](C)(CCC1C(C)=CC[C@H]2C(C)(C)CCC[C@]12C)O[C@@H]1O[C@@H](C)[C@H](O)[C@@H](O)[C@H]1OC(C)=O. The Balaban J connectivity index is 1.78. The molecule has 0 bridgehead atoms. The first-order valence-corrected chi connectivity index (χ1v) is 12.9. The second kappa shape index (κ2) is 10.0. The van der Waals surface area contributed by atoms with Crippen LogP contribution in [0.4, 0.5) is 0 Å². The van der Waals surface area contributed by atoms with Crippen molar-refractivity contribution in [3.63, 3.8) is 0 Å². The van der Waals surface area contributed by atoms with Gasteiger partial charge in [0.25, 0.3) is 0 Å². The van der Waals surface area contributed by atoms with Crippen LogP contribution in [0, 0.1) is 22.7 Å². The fraction of sp³-hybridized carbons (Fsp3) is 0.821. The molecule has 1 saturated heterocycles. The van der Waals surface area contributed by atoms with Crippen LogP contribution in [0.2, 0.25) is 0 Å². The molecule has 0 aromatic carbocycles. The molecule has 1 heterocycles. The van der Waals surface area contributed by atoms with Crippen molar-refractivity contribution in [2.24, 2.45) is 22.7 Å². The van der Waals surface area contributed by atoms with E-state index in [1.807, 2.05) is 6.92 Å². The summed E-state index contributed by atoms with van der Waals surface area (Å²) in [6.45, 7) is 18.5. The summed E-state index contributed by atoms with van der Waals surface area (Å²) in [5.74, 6) is 0.549. The second-order valence-electron chi connectivity index (χ2n) is 12.1. The smallest absolute Gasteiger partial charge is 0.303 e. The maximum absolute atomic E-state index is 11.7. The summed E-state index contributed by atoms with van der Waals surface area (Å²) < 4.78 is 17.5. The molecule has 0 aromatic rings. The van der Waals surface area contributed by atoms with Crippen LogP contribution in [-0.4, -0.2) is 52.5 Å². The molecule has 9 atom stereocenters. The topological polar surface area (TPSA) is 85.2 Å². The van der Waals surface area contributed by atoms with Crippen molar-refractivity contribution >= 4 is 5.97 Å². The number of ether oxygens (including phenoxy) is 3. The van der Waals surface area contributed by atoms with Crippen molar-refractivity contribution in [3.8, 4) is 0 Å². The lowest BCUT2D eigenvalue weighted by molar-refractivity contribution is -0.315. The van der Waals surface area contributed by atoms with Crippen molar-refractivity contribution in [2.75, 3.05) is 0 Å². The summed E-state index contributed by atoms with van der Waals surface area (Å²) in [5, 5.41) is 20.8. The van der Waals surface area contributed by atoms with Crippen LogP contribution >= 0.6 is 0 Å². The van der Waals surface area contributed by atoms with E-state index >= 15 is 0 Å². The van der Waals surface area contributed by atoms with Gasteiger partial charge in [0.2, 0.25) is 0 Å². The number of esters is 1. The zero-order chi connectivity index (χ0) is 25.5. The number of hydrogen-bond donors (Lipinski definition) is 2. The number of carbonyl (C=O) groups is 1. The molecule has 2 N–H and O–H groups in total. The van der Waals surface area contributed by atoms with Gasteiger partial charge in [0, 0.05) is 6.92 Å². The van der Waals surface area contributed by atoms with E-state index in [2.05, 4.69) is 40.3 Å². The van der Waals surface area contributed by atoms with Crippen molar-refractivity contribution in [1.29, 1.82) is 0 Å². The van der Waals surface area contributed by atoms with Crippen LogP contribution in [0.5, 0.6) is 0 Å². The lowest BCUT2D eigenvalue weighted by atomic mass is 9.48. The molecule has 0 amide bonds. The molecule has 6 nitrogen and oxygen atoms in total. The highest BCUT2D eigenvalue weighted by molar-refractivity contribution is 5.66. The first-order valence-electron chi connectivity index (χ1n) is 12.9. The van der Waals surface area contributed by atoms with E-state index in [9.17, 15) is 15.0 Å². The molecule has 1 unspecified atom stereocenters. The number of allylic oxidation sites excluding steroid dienone is 2. The molecule has 3 rings (SSSR count). The van der Waals surface area contributed by atoms with Gasteiger partial charge in [-0.25, -0.2) is 0 Å². The van der Waals surface area contributed by atoms with E-state index in [-0.39, 0.29) is 5.41 Å². The van der Waals surface area contributed by atoms with Gasteiger partial charge in [0.15, 0.2) is 12.4 Å². The van der Waals surface area contributed by atoms with Gasteiger partial charge < -0.3 is 24.4 Å². The summed E-state index contributed by atoms with van der Waals surface area (Å²) in [6, 6.07) is 0. The molecule has 3 aliphatic rings. The Morgan fingerprint density at radius 2 is 1.97 bits per heavy atom. The Morgan fingerprint density at radius 3 is 2.59 bits per heavy atom. The zero-order valence-electron chi connectivity index (χ0n) is 22.2. The average Bonchev–Trinajstić information content (AvgIpc) is 2.73. The molecule has 0 radical (unpaired) electrons. The molecule has 34 heavy (non-hydrogen) atoms. The molecule has 194 valence electrons. The Hall–Kier alpha value is -1.21. The van der Waals surface area contributed by atoms with Gasteiger partial charge in [-0.2, -0.15) is 0 Å². The predicted octanol–water partition coefficient (Wildman–Crippen LogP) is 4.93. The Bertz CT molecular complexity index is 790. The van der Waals surface area contributed by atoms with E-state index < -0.39 is 42.3 Å². The second-order valence-corrected chi connectivity index (χ2v) is 12.1. The van der Waals surface area contributed by atoms with Gasteiger partial charge in [-0.3, -0.25) is 4.79 Å². The van der Waals surface area contributed by atoms with E-state index in [1.165, 1.54) is 31.8 Å². The minimum absolute atomic E-state index is 0.249. The van der Waals surface area contributed by atoms with Crippen molar-refractivity contribution in [2.45, 2.75) is 123 Å².